The van der Waals surface area contributed by atoms with E-state index in [1.807, 2.05) is 6.07 Å². The predicted octanol–water partition coefficient (Wildman–Crippen LogP) is 3.93. The van der Waals surface area contributed by atoms with Crippen LogP contribution in [0.3, 0.4) is 0 Å². The summed E-state index contributed by atoms with van der Waals surface area (Å²) in [6, 6.07) is 5.16. The van der Waals surface area contributed by atoms with Crippen molar-refractivity contribution >= 4 is 37.3 Å². The zero-order valence-corrected chi connectivity index (χ0v) is 19.1. The lowest BCUT2D eigenvalue weighted by molar-refractivity contribution is -0.139. The lowest BCUT2D eigenvalue weighted by atomic mass is 10.1. The third-order valence-corrected chi connectivity index (χ3v) is 5.11. The Labute approximate surface area is 182 Å². The minimum absolute atomic E-state index is 0.0129. The van der Waals surface area contributed by atoms with E-state index in [-0.39, 0.29) is 21.9 Å². The molecule has 154 valence electrons. The SMILES string of the molecule is COC(=O)C1=C(C(=O)OC)N(c2cc(Cl)c(C#N)cc2C#C[Si](C)(C)C)C=CC=C1. The molecule has 0 saturated heterocycles. The van der Waals surface area contributed by atoms with E-state index in [1.165, 1.54) is 25.2 Å². The monoisotopic (exact) mass is 440 g/mol. The van der Waals surface area contributed by atoms with E-state index >= 15 is 0 Å². The average molecular weight is 441 g/mol. The topological polar surface area (TPSA) is 79.6 Å². The van der Waals surface area contributed by atoms with Crippen molar-refractivity contribution in [2.75, 3.05) is 19.1 Å². The van der Waals surface area contributed by atoms with Crippen LogP contribution in [0.4, 0.5) is 5.69 Å². The molecule has 1 heterocycles. The molecule has 1 aromatic carbocycles. The molecule has 30 heavy (non-hydrogen) atoms. The first-order valence-electron chi connectivity index (χ1n) is 8.94. The number of nitriles is 1. The Morgan fingerprint density at radius 1 is 1.07 bits per heavy atom. The highest BCUT2D eigenvalue weighted by Crippen LogP contribution is 2.33. The lowest BCUT2D eigenvalue weighted by Gasteiger charge is -2.24. The zero-order valence-electron chi connectivity index (χ0n) is 17.4. The molecular weight excluding hydrogens is 420 g/mol. The second kappa shape index (κ2) is 9.49. The van der Waals surface area contributed by atoms with Gasteiger partial charge in [0, 0.05) is 11.8 Å². The van der Waals surface area contributed by atoms with Gasteiger partial charge in [0.15, 0.2) is 0 Å². The molecule has 1 aromatic rings. The summed E-state index contributed by atoms with van der Waals surface area (Å²) in [4.78, 5) is 26.5. The first kappa shape index (κ1) is 23.0. The van der Waals surface area contributed by atoms with Crippen molar-refractivity contribution in [3.8, 4) is 17.5 Å². The van der Waals surface area contributed by atoms with Crippen LogP contribution in [0.1, 0.15) is 11.1 Å². The number of esters is 2. The van der Waals surface area contributed by atoms with Crippen LogP contribution in [0.2, 0.25) is 24.7 Å². The maximum Gasteiger partial charge on any atom is 0.355 e. The molecule has 6 nitrogen and oxygen atoms in total. The lowest BCUT2D eigenvalue weighted by Crippen LogP contribution is -2.27. The molecule has 0 saturated carbocycles. The fourth-order valence-electron chi connectivity index (χ4n) is 2.55. The molecule has 0 amide bonds. The van der Waals surface area contributed by atoms with Gasteiger partial charge in [0.1, 0.15) is 19.8 Å². The van der Waals surface area contributed by atoms with Crippen LogP contribution in [-0.4, -0.2) is 34.2 Å². The second-order valence-corrected chi connectivity index (χ2v) is 12.4. The Hall–Kier alpha value is -3.26. The number of benzene rings is 1. The van der Waals surface area contributed by atoms with Gasteiger partial charge >= 0.3 is 11.9 Å². The molecule has 2 rings (SSSR count). The fourth-order valence-corrected chi connectivity index (χ4v) is 3.26. The van der Waals surface area contributed by atoms with Crippen molar-refractivity contribution in [2.24, 2.45) is 0 Å². The first-order chi connectivity index (χ1) is 14.1. The molecule has 0 bridgehead atoms. The molecular formula is C22H21ClN2O4Si. The Bertz CT molecular complexity index is 1080. The van der Waals surface area contributed by atoms with E-state index in [0.29, 0.717) is 11.3 Å². The van der Waals surface area contributed by atoms with Crippen LogP contribution in [0.25, 0.3) is 0 Å². The normalized spacial score (nSPS) is 13.2. The highest BCUT2D eigenvalue weighted by atomic mass is 35.5. The number of nitrogens with zero attached hydrogens (tertiary/aromatic N) is 2. The van der Waals surface area contributed by atoms with E-state index < -0.39 is 20.0 Å². The number of halogens is 1. The van der Waals surface area contributed by atoms with Crippen LogP contribution in [0.5, 0.6) is 0 Å². The molecule has 0 spiro atoms. The number of allylic oxidation sites excluding steroid dienone is 2. The number of carbonyl (C=O) groups excluding carboxylic acids is 2. The van der Waals surface area contributed by atoms with Crippen LogP contribution in [0.15, 0.2) is 47.8 Å². The van der Waals surface area contributed by atoms with Gasteiger partial charge in [-0.15, -0.1) is 5.54 Å². The molecule has 8 heteroatoms. The quantitative estimate of drug-likeness (QED) is 0.402. The molecule has 0 aliphatic carbocycles. The van der Waals surface area contributed by atoms with E-state index in [9.17, 15) is 14.9 Å². The largest absolute Gasteiger partial charge is 0.465 e. The number of rotatable bonds is 3. The second-order valence-electron chi connectivity index (χ2n) is 7.28. The number of ether oxygens (including phenoxy) is 2. The van der Waals surface area contributed by atoms with Gasteiger partial charge in [0.2, 0.25) is 0 Å². The van der Waals surface area contributed by atoms with Gasteiger partial charge in [0.25, 0.3) is 0 Å². The molecule has 1 aliphatic heterocycles. The minimum atomic E-state index is -1.75. The standard InChI is InChI=1S/C22H21ClN2O4Si/c1-28-21(26)17-8-6-7-10-25(20(17)22(27)29-2)19-13-18(23)16(14-24)12-15(19)9-11-30(3,4)5/h6-8,10,12-13H,1-5H3. The van der Waals surface area contributed by atoms with Gasteiger partial charge in [-0.25, -0.2) is 9.59 Å². The van der Waals surface area contributed by atoms with Crippen molar-refractivity contribution in [1.29, 1.82) is 5.26 Å². The fraction of sp³-hybridized carbons (Fsp3) is 0.227. The molecule has 0 unspecified atom stereocenters. The van der Waals surface area contributed by atoms with Crippen molar-refractivity contribution < 1.29 is 19.1 Å². The molecule has 0 fully saturated rings. The van der Waals surface area contributed by atoms with Gasteiger partial charge in [-0.3, -0.25) is 0 Å². The summed E-state index contributed by atoms with van der Waals surface area (Å²) in [5, 5.41) is 9.58. The summed E-state index contributed by atoms with van der Waals surface area (Å²) in [6.07, 6.45) is 6.32. The van der Waals surface area contributed by atoms with Gasteiger partial charge in [-0.1, -0.05) is 43.2 Å². The van der Waals surface area contributed by atoms with Crippen molar-refractivity contribution in [3.05, 3.63) is 64.0 Å². The van der Waals surface area contributed by atoms with Crippen LogP contribution < -0.4 is 4.90 Å². The maximum absolute atomic E-state index is 12.7. The summed E-state index contributed by atoms with van der Waals surface area (Å²) < 4.78 is 9.76. The van der Waals surface area contributed by atoms with E-state index in [2.05, 4.69) is 31.1 Å². The minimum Gasteiger partial charge on any atom is -0.465 e. The summed E-state index contributed by atoms with van der Waals surface area (Å²) >= 11 is 6.29. The molecule has 0 aromatic heterocycles. The number of anilines is 1. The summed E-state index contributed by atoms with van der Waals surface area (Å²) in [5.74, 6) is 1.68. The van der Waals surface area contributed by atoms with Crippen LogP contribution >= 0.6 is 11.6 Å². The van der Waals surface area contributed by atoms with Crippen LogP contribution in [-0.2, 0) is 19.1 Å². The number of hydrogen-bond acceptors (Lipinski definition) is 6. The number of carbonyl (C=O) groups is 2. The third-order valence-electron chi connectivity index (χ3n) is 3.93. The van der Waals surface area contributed by atoms with Gasteiger partial charge in [-0.05, 0) is 24.3 Å². The maximum atomic E-state index is 12.7. The molecule has 1 aliphatic rings. The zero-order chi connectivity index (χ0) is 22.5. The Balaban J connectivity index is 2.86. The summed E-state index contributed by atoms with van der Waals surface area (Å²) in [5.41, 5.74) is 4.41. The molecule has 0 radical (unpaired) electrons. The first-order valence-corrected chi connectivity index (χ1v) is 12.8. The van der Waals surface area contributed by atoms with Gasteiger partial charge in [-0.2, -0.15) is 5.26 Å². The third kappa shape index (κ3) is 5.21. The number of hydrogen-bond donors (Lipinski definition) is 0. The predicted molar refractivity (Wildman–Crippen MR) is 118 cm³/mol. The average Bonchev–Trinajstić information content (AvgIpc) is 2.93. The van der Waals surface area contributed by atoms with Gasteiger partial charge < -0.3 is 14.4 Å². The highest BCUT2D eigenvalue weighted by Gasteiger charge is 2.29. The highest BCUT2D eigenvalue weighted by molar-refractivity contribution is 6.83. The smallest absolute Gasteiger partial charge is 0.355 e. The summed E-state index contributed by atoms with van der Waals surface area (Å²) in [7, 11) is 0.697. The summed E-state index contributed by atoms with van der Waals surface area (Å²) in [6.45, 7) is 6.27. The van der Waals surface area contributed by atoms with Crippen LogP contribution in [0, 0.1) is 22.8 Å². The number of methoxy groups -OCH3 is 2. The van der Waals surface area contributed by atoms with Crippen molar-refractivity contribution in [1.82, 2.24) is 0 Å². The van der Waals surface area contributed by atoms with E-state index in [1.54, 1.807) is 30.5 Å². The Morgan fingerprint density at radius 3 is 2.30 bits per heavy atom. The van der Waals surface area contributed by atoms with Crippen molar-refractivity contribution in [2.45, 2.75) is 19.6 Å². The van der Waals surface area contributed by atoms with E-state index in [4.69, 9.17) is 21.1 Å². The van der Waals surface area contributed by atoms with E-state index in [0.717, 1.165) is 0 Å². The Morgan fingerprint density at radius 2 is 1.73 bits per heavy atom. The van der Waals surface area contributed by atoms with Crippen molar-refractivity contribution in [3.63, 3.8) is 0 Å². The Kier molecular flexibility index (Phi) is 7.28. The molecule has 0 atom stereocenters. The van der Waals surface area contributed by atoms with Gasteiger partial charge in [0.05, 0.1) is 36.1 Å². The molecule has 0 N–H and O–H groups in total.